The molecule has 0 amide bonds. The third-order valence-corrected chi connectivity index (χ3v) is 2.50. The molecule has 0 aromatic rings. The van der Waals surface area contributed by atoms with Crippen molar-refractivity contribution in [2.45, 2.75) is 51.6 Å². The molecule has 3 heteroatoms. The van der Waals surface area contributed by atoms with Crippen molar-refractivity contribution in [2.75, 3.05) is 13.2 Å². The highest BCUT2D eigenvalue weighted by Crippen LogP contribution is 2.17. The van der Waals surface area contributed by atoms with E-state index in [0.29, 0.717) is 19.1 Å². The first-order chi connectivity index (χ1) is 6.83. The van der Waals surface area contributed by atoms with Crippen LogP contribution in [0.4, 0.5) is 0 Å². The number of unbranched alkanes of at least 4 members (excludes halogenated alkanes) is 1. The van der Waals surface area contributed by atoms with Gasteiger partial charge in [-0.15, -0.1) is 0 Å². The molecule has 14 heavy (non-hydrogen) atoms. The minimum Gasteiger partial charge on any atom is -0.466 e. The second-order valence-electron chi connectivity index (χ2n) is 3.70. The summed E-state index contributed by atoms with van der Waals surface area (Å²) in [4.78, 5) is 10.8. The van der Waals surface area contributed by atoms with Crippen molar-refractivity contribution in [2.24, 2.45) is 0 Å². The van der Waals surface area contributed by atoms with Crippen LogP contribution in [0.1, 0.15) is 45.4 Å². The van der Waals surface area contributed by atoms with Gasteiger partial charge in [-0.3, -0.25) is 4.79 Å². The van der Waals surface area contributed by atoms with Crippen LogP contribution in [0.2, 0.25) is 0 Å². The zero-order chi connectivity index (χ0) is 10.2. The van der Waals surface area contributed by atoms with Crippen LogP contribution in [0.5, 0.6) is 0 Å². The first-order valence-corrected chi connectivity index (χ1v) is 5.60. The average molecular weight is 200 g/mol. The normalized spacial score (nSPS) is 21.1. The summed E-state index contributed by atoms with van der Waals surface area (Å²) in [6.45, 7) is 3.31. The summed E-state index contributed by atoms with van der Waals surface area (Å²) in [6.07, 6.45) is 6.53. The van der Waals surface area contributed by atoms with Crippen LogP contribution in [0.25, 0.3) is 0 Å². The van der Waals surface area contributed by atoms with E-state index in [1.165, 1.54) is 12.8 Å². The predicted octanol–water partition coefficient (Wildman–Crippen LogP) is 2.29. The molecule has 0 aromatic carbocycles. The zero-order valence-corrected chi connectivity index (χ0v) is 8.96. The molecule has 1 rings (SSSR count). The molecule has 0 aliphatic carbocycles. The third kappa shape index (κ3) is 4.61. The van der Waals surface area contributed by atoms with Gasteiger partial charge in [-0.05, 0) is 32.1 Å². The Morgan fingerprint density at radius 2 is 2.36 bits per heavy atom. The molecule has 0 unspecified atom stereocenters. The van der Waals surface area contributed by atoms with Gasteiger partial charge in [-0.1, -0.05) is 6.92 Å². The molecule has 1 atom stereocenters. The van der Waals surface area contributed by atoms with Gasteiger partial charge in [0.25, 0.3) is 0 Å². The minimum absolute atomic E-state index is 0.0953. The number of rotatable bonds is 6. The van der Waals surface area contributed by atoms with Crippen LogP contribution >= 0.6 is 0 Å². The SMILES string of the molecule is CCC(=O)OCCCC[C@H]1CCCO1. The van der Waals surface area contributed by atoms with Gasteiger partial charge in [-0.2, -0.15) is 0 Å². The van der Waals surface area contributed by atoms with E-state index in [0.717, 1.165) is 25.9 Å². The van der Waals surface area contributed by atoms with Gasteiger partial charge in [-0.25, -0.2) is 0 Å². The molecule has 1 aliphatic rings. The molecule has 82 valence electrons. The first-order valence-electron chi connectivity index (χ1n) is 5.60. The third-order valence-electron chi connectivity index (χ3n) is 2.50. The standard InChI is InChI=1S/C11H20O3/c1-2-11(12)14-8-4-3-6-10-7-5-9-13-10/h10H,2-9H2,1H3/t10-/m0/s1. The summed E-state index contributed by atoms with van der Waals surface area (Å²) in [5.41, 5.74) is 0. The predicted molar refractivity (Wildman–Crippen MR) is 54.1 cm³/mol. The first kappa shape index (κ1) is 11.5. The van der Waals surface area contributed by atoms with E-state index in [2.05, 4.69) is 0 Å². The minimum atomic E-state index is -0.0953. The van der Waals surface area contributed by atoms with Gasteiger partial charge in [0.15, 0.2) is 0 Å². The number of hydrogen-bond donors (Lipinski definition) is 0. The summed E-state index contributed by atoms with van der Waals surface area (Å²) >= 11 is 0. The number of hydrogen-bond acceptors (Lipinski definition) is 3. The van der Waals surface area contributed by atoms with Crippen LogP contribution in [0.15, 0.2) is 0 Å². The van der Waals surface area contributed by atoms with Gasteiger partial charge in [0.1, 0.15) is 0 Å². The summed E-state index contributed by atoms with van der Waals surface area (Å²) in [6, 6.07) is 0. The van der Waals surface area contributed by atoms with Crippen molar-refractivity contribution >= 4 is 5.97 Å². The maximum atomic E-state index is 10.8. The molecule has 0 aromatic heterocycles. The molecule has 1 fully saturated rings. The van der Waals surface area contributed by atoms with Gasteiger partial charge in [0.2, 0.25) is 0 Å². The van der Waals surface area contributed by atoms with E-state index in [1.54, 1.807) is 0 Å². The lowest BCUT2D eigenvalue weighted by Crippen LogP contribution is -2.07. The van der Waals surface area contributed by atoms with Crippen molar-refractivity contribution in [1.29, 1.82) is 0 Å². The highest BCUT2D eigenvalue weighted by Gasteiger charge is 2.14. The van der Waals surface area contributed by atoms with E-state index >= 15 is 0 Å². The van der Waals surface area contributed by atoms with Gasteiger partial charge < -0.3 is 9.47 Å². The zero-order valence-electron chi connectivity index (χ0n) is 8.96. The molecular formula is C11H20O3. The number of ether oxygens (including phenoxy) is 2. The lowest BCUT2D eigenvalue weighted by molar-refractivity contribution is -0.143. The lowest BCUT2D eigenvalue weighted by Gasteiger charge is -2.08. The number of carbonyl (C=O) groups excluding carboxylic acids is 1. The summed E-state index contributed by atoms with van der Waals surface area (Å²) in [5.74, 6) is -0.0953. The second kappa shape index (κ2) is 6.82. The van der Waals surface area contributed by atoms with Gasteiger partial charge in [0.05, 0.1) is 12.7 Å². The molecule has 0 N–H and O–H groups in total. The molecule has 0 spiro atoms. The summed E-state index contributed by atoms with van der Waals surface area (Å²) in [5, 5.41) is 0. The van der Waals surface area contributed by atoms with Crippen molar-refractivity contribution in [3.63, 3.8) is 0 Å². The molecule has 3 nitrogen and oxygen atoms in total. The molecule has 1 aliphatic heterocycles. The Balaban J connectivity index is 1.86. The Bertz CT molecular complexity index is 162. The van der Waals surface area contributed by atoms with Crippen molar-refractivity contribution < 1.29 is 14.3 Å². The Hall–Kier alpha value is -0.570. The van der Waals surface area contributed by atoms with Gasteiger partial charge in [0, 0.05) is 13.0 Å². The topological polar surface area (TPSA) is 35.5 Å². The number of carbonyl (C=O) groups is 1. The van der Waals surface area contributed by atoms with Crippen LogP contribution in [-0.2, 0) is 14.3 Å². The fraction of sp³-hybridized carbons (Fsp3) is 0.909. The molecule has 1 saturated heterocycles. The molecule has 0 saturated carbocycles. The van der Waals surface area contributed by atoms with E-state index < -0.39 is 0 Å². The second-order valence-corrected chi connectivity index (χ2v) is 3.70. The maximum Gasteiger partial charge on any atom is 0.305 e. The van der Waals surface area contributed by atoms with E-state index in [4.69, 9.17) is 9.47 Å². The fourth-order valence-electron chi connectivity index (χ4n) is 1.63. The molecule has 0 radical (unpaired) electrons. The van der Waals surface area contributed by atoms with Crippen LogP contribution < -0.4 is 0 Å². The highest BCUT2D eigenvalue weighted by atomic mass is 16.5. The Labute approximate surface area is 85.8 Å². The molecule has 1 heterocycles. The van der Waals surface area contributed by atoms with E-state index in [9.17, 15) is 4.79 Å². The highest BCUT2D eigenvalue weighted by molar-refractivity contribution is 5.68. The number of esters is 1. The largest absolute Gasteiger partial charge is 0.466 e. The van der Waals surface area contributed by atoms with E-state index in [1.807, 2.05) is 6.92 Å². The Kier molecular flexibility index (Phi) is 5.60. The Morgan fingerprint density at radius 3 is 3.00 bits per heavy atom. The smallest absolute Gasteiger partial charge is 0.305 e. The fourth-order valence-corrected chi connectivity index (χ4v) is 1.63. The van der Waals surface area contributed by atoms with Crippen LogP contribution in [-0.4, -0.2) is 25.3 Å². The maximum absolute atomic E-state index is 10.8. The molecule has 0 bridgehead atoms. The summed E-state index contributed by atoms with van der Waals surface area (Å²) < 4.78 is 10.5. The van der Waals surface area contributed by atoms with Crippen molar-refractivity contribution in [3.05, 3.63) is 0 Å². The van der Waals surface area contributed by atoms with Crippen molar-refractivity contribution in [1.82, 2.24) is 0 Å². The van der Waals surface area contributed by atoms with Crippen LogP contribution in [0.3, 0.4) is 0 Å². The average Bonchev–Trinajstić information content (AvgIpc) is 2.69. The quantitative estimate of drug-likeness (QED) is 0.487. The van der Waals surface area contributed by atoms with E-state index in [-0.39, 0.29) is 5.97 Å². The molecular weight excluding hydrogens is 180 g/mol. The summed E-state index contributed by atoms with van der Waals surface area (Å²) in [7, 11) is 0. The van der Waals surface area contributed by atoms with Crippen LogP contribution in [0, 0.1) is 0 Å². The van der Waals surface area contributed by atoms with Crippen molar-refractivity contribution in [3.8, 4) is 0 Å². The van der Waals surface area contributed by atoms with Gasteiger partial charge >= 0.3 is 5.97 Å². The monoisotopic (exact) mass is 200 g/mol. The Morgan fingerprint density at radius 1 is 1.50 bits per heavy atom. The lowest BCUT2D eigenvalue weighted by atomic mass is 10.1.